The molecule has 2 aliphatic rings. The Morgan fingerprint density at radius 1 is 1.29 bits per heavy atom. The Labute approximate surface area is 137 Å². The van der Waals surface area contributed by atoms with Crippen LogP contribution in [0.5, 0.6) is 0 Å². The van der Waals surface area contributed by atoms with Crippen molar-refractivity contribution in [2.24, 2.45) is 7.05 Å². The van der Waals surface area contributed by atoms with Gasteiger partial charge in [-0.25, -0.2) is 0 Å². The van der Waals surface area contributed by atoms with Gasteiger partial charge in [-0.1, -0.05) is 0 Å². The van der Waals surface area contributed by atoms with Crippen LogP contribution in [0, 0.1) is 6.92 Å². The van der Waals surface area contributed by atoms with Crippen LogP contribution in [0.3, 0.4) is 0 Å². The Hall–Kier alpha value is -1.61. The third-order valence-corrected chi connectivity index (χ3v) is 5.02. The molecule has 0 radical (unpaired) electrons. The van der Waals surface area contributed by atoms with Gasteiger partial charge in [-0.05, 0) is 26.2 Å². The first-order valence-corrected chi connectivity index (χ1v) is 7.97. The van der Waals surface area contributed by atoms with Crippen molar-refractivity contribution in [2.75, 3.05) is 24.5 Å². The number of piperidine rings is 1. The minimum atomic E-state index is -4.63. The number of nitrogens with zero attached hydrogens (tertiary/aromatic N) is 4. The molecule has 9 heteroatoms. The first kappa shape index (κ1) is 17.2. The molecule has 0 spiro atoms. The van der Waals surface area contributed by atoms with Crippen molar-refractivity contribution in [1.82, 2.24) is 14.7 Å². The number of aromatic nitrogens is 2. The first-order chi connectivity index (χ1) is 11.1. The van der Waals surface area contributed by atoms with E-state index < -0.39 is 30.7 Å². The second kappa shape index (κ2) is 5.73. The van der Waals surface area contributed by atoms with E-state index in [2.05, 4.69) is 5.10 Å². The summed E-state index contributed by atoms with van der Waals surface area (Å²) in [6.07, 6.45) is -4.86. The number of likely N-dealkylation sites (tertiary alicyclic amines) is 1. The minimum Gasteiger partial charge on any atom is -0.380 e. The molecule has 6 nitrogen and oxygen atoms in total. The van der Waals surface area contributed by atoms with Gasteiger partial charge in [-0.15, -0.1) is 0 Å². The Morgan fingerprint density at radius 3 is 2.42 bits per heavy atom. The molecule has 0 bridgehead atoms. The van der Waals surface area contributed by atoms with Crippen molar-refractivity contribution in [2.45, 2.75) is 44.0 Å². The molecule has 1 N–H and O–H groups in total. The average molecular weight is 346 g/mol. The van der Waals surface area contributed by atoms with Gasteiger partial charge in [-0.2, -0.15) is 18.3 Å². The summed E-state index contributed by atoms with van der Waals surface area (Å²) in [7, 11) is 1.76. The van der Waals surface area contributed by atoms with E-state index >= 15 is 0 Å². The molecular weight excluding hydrogens is 325 g/mol. The number of rotatable bonds is 2. The Morgan fingerprint density at radius 2 is 1.92 bits per heavy atom. The molecule has 0 saturated carbocycles. The van der Waals surface area contributed by atoms with E-state index in [1.165, 1.54) is 0 Å². The van der Waals surface area contributed by atoms with Gasteiger partial charge in [0.1, 0.15) is 5.82 Å². The number of carbonyl (C=O) groups excluding carboxylic acids is 1. The molecule has 1 aromatic rings. The first-order valence-electron chi connectivity index (χ1n) is 7.97. The van der Waals surface area contributed by atoms with Crippen LogP contribution in [-0.2, 0) is 11.8 Å². The summed E-state index contributed by atoms with van der Waals surface area (Å²) in [4.78, 5) is 16.1. The highest BCUT2D eigenvalue weighted by Crippen LogP contribution is 2.39. The third kappa shape index (κ3) is 2.79. The van der Waals surface area contributed by atoms with Crippen LogP contribution in [-0.4, -0.2) is 63.1 Å². The van der Waals surface area contributed by atoms with E-state index in [4.69, 9.17) is 0 Å². The van der Waals surface area contributed by atoms with Crippen LogP contribution in [0.2, 0.25) is 0 Å². The fraction of sp³-hybridized carbons (Fsp3) is 0.733. The number of carbonyl (C=O) groups is 1. The zero-order valence-corrected chi connectivity index (χ0v) is 13.7. The standard InChI is InChI=1S/C15H21F3N4O2/c1-10-9-12(20(2)19-10)22-6-3-11(13(22)23)21-7-4-14(24,5-8-21)15(16,17)18/h9,11,24H,3-8H2,1-2H3. The Bertz CT molecular complexity index is 635. The van der Waals surface area contributed by atoms with Crippen molar-refractivity contribution in [3.63, 3.8) is 0 Å². The van der Waals surface area contributed by atoms with Crippen molar-refractivity contribution in [3.05, 3.63) is 11.8 Å². The van der Waals surface area contributed by atoms with Crippen molar-refractivity contribution >= 4 is 11.7 Å². The van der Waals surface area contributed by atoms with Crippen LogP contribution in [0.4, 0.5) is 19.0 Å². The lowest BCUT2D eigenvalue weighted by Gasteiger charge is -2.40. The zero-order valence-electron chi connectivity index (χ0n) is 13.7. The van der Waals surface area contributed by atoms with E-state index in [-0.39, 0.29) is 19.0 Å². The maximum absolute atomic E-state index is 12.9. The maximum Gasteiger partial charge on any atom is 0.417 e. The van der Waals surface area contributed by atoms with Gasteiger partial charge in [0.15, 0.2) is 5.60 Å². The summed E-state index contributed by atoms with van der Waals surface area (Å²) in [6, 6.07) is 1.39. The molecule has 0 aliphatic carbocycles. The number of anilines is 1. The maximum atomic E-state index is 12.9. The highest BCUT2D eigenvalue weighted by molar-refractivity contribution is 5.98. The summed E-state index contributed by atoms with van der Waals surface area (Å²) >= 11 is 0. The Balaban J connectivity index is 1.68. The van der Waals surface area contributed by atoms with E-state index in [0.29, 0.717) is 18.8 Å². The topological polar surface area (TPSA) is 61.6 Å². The molecule has 3 heterocycles. The number of aryl methyl sites for hydroxylation is 2. The normalized spacial score (nSPS) is 25.5. The fourth-order valence-electron chi connectivity index (χ4n) is 3.57. The second-order valence-electron chi connectivity index (χ2n) is 6.63. The Kier molecular flexibility index (Phi) is 4.11. The average Bonchev–Trinajstić information content (AvgIpc) is 3.01. The number of aliphatic hydroxyl groups is 1. The molecule has 2 aliphatic heterocycles. The van der Waals surface area contributed by atoms with Crippen LogP contribution in [0.1, 0.15) is 25.0 Å². The quantitative estimate of drug-likeness (QED) is 0.875. The van der Waals surface area contributed by atoms with Crippen molar-refractivity contribution < 1.29 is 23.1 Å². The number of hydrogen-bond acceptors (Lipinski definition) is 4. The third-order valence-electron chi connectivity index (χ3n) is 5.02. The predicted molar refractivity (Wildman–Crippen MR) is 80.5 cm³/mol. The van der Waals surface area contributed by atoms with Gasteiger partial charge in [0.25, 0.3) is 0 Å². The molecule has 24 heavy (non-hydrogen) atoms. The van der Waals surface area contributed by atoms with E-state index in [1.54, 1.807) is 21.5 Å². The van der Waals surface area contributed by atoms with Crippen molar-refractivity contribution in [1.29, 1.82) is 0 Å². The van der Waals surface area contributed by atoms with Gasteiger partial charge in [0.05, 0.1) is 11.7 Å². The molecule has 1 amide bonds. The zero-order chi connectivity index (χ0) is 17.7. The molecular formula is C15H21F3N4O2. The summed E-state index contributed by atoms with van der Waals surface area (Å²) in [6.45, 7) is 2.47. The smallest absolute Gasteiger partial charge is 0.380 e. The number of amides is 1. The van der Waals surface area contributed by atoms with E-state index in [0.717, 1.165) is 5.69 Å². The van der Waals surface area contributed by atoms with Crippen LogP contribution < -0.4 is 4.90 Å². The summed E-state index contributed by atoms with van der Waals surface area (Å²) < 4.78 is 40.3. The second-order valence-corrected chi connectivity index (χ2v) is 6.63. The van der Waals surface area contributed by atoms with Gasteiger partial charge < -0.3 is 5.11 Å². The largest absolute Gasteiger partial charge is 0.417 e. The minimum absolute atomic E-state index is 0.0602. The fourth-order valence-corrected chi connectivity index (χ4v) is 3.57. The van der Waals surface area contributed by atoms with E-state index in [1.807, 2.05) is 13.0 Å². The van der Waals surface area contributed by atoms with Crippen molar-refractivity contribution in [3.8, 4) is 0 Å². The number of alkyl halides is 3. The van der Waals surface area contributed by atoms with E-state index in [9.17, 15) is 23.1 Å². The molecule has 3 rings (SSSR count). The lowest BCUT2D eigenvalue weighted by molar-refractivity contribution is -0.273. The molecule has 1 unspecified atom stereocenters. The molecule has 1 aromatic heterocycles. The van der Waals surface area contributed by atoms with Crippen LogP contribution in [0.15, 0.2) is 6.07 Å². The molecule has 2 saturated heterocycles. The highest BCUT2D eigenvalue weighted by atomic mass is 19.4. The molecule has 0 aromatic carbocycles. The van der Waals surface area contributed by atoms with Gasteiger partial charge in [0, 0.05) is 32.7 Å². The number of halogens is 3. The lowest BCUT2D eigenvalue weighted by Crippen LogP contribution is -2.56. The van der Waals surface area contributed by atoms with Gasteiger partial charge in [0.2, 0.25) is 5.91 Å². The van der Waals surface area contributed by atoms with Crippen LogP contribution >= 0.6 is 0 Å². The van der Waals surface area contributed by atoms with Gasteiger partial charge >= 0.3 is 6.18 Å². The monoisotopic (exact) mass is 346 g/mol. The molecule has 134 valence electrons. The summed E-state index contributed by atoms with van der Waals surface area (Å²) in [5.41, 5.74) is -1.83. The SMILES string of the molecule is Cc1cc(N2CCC(N3CCC(O)(C(F)(F)F)CC3)C2=O)n(C)n1. The summed E-state index contributed by atoms with van der Waals surface area (Å²) in [5, 5.41) is 14.0. The highest BCUT2D eigenvalue weighted by Gasteiger charge is 2.55. The van der Waals surface area contributed by atoms with Gasteiger partial charge in [-0.3, -0.25) is 19.3 Å². The molecule has 2 fully saturated rings. The molecule has 1 atom stereocenters. The summed E-state index contributed by atoms with van der Waals surface area (Å²) in [5.74, 6) is 0.583. The van der Waals surface area contributed by atoms with Crippen LogP contribution in [0.25, 0.3) is 0 Å². The number of hydrogen-bond donors (Lipinski definition) is 1. The lowest BCUT2D eigenvalue weighted by atomic mass is 9.90. The predicted octanol–water partition coefficient (Wildman–Crippen LogP) is 1.22.